The van der Waals surface area contributed by atoms with Crippen LogP contribution in [-0.4, -0.2) is 37.7 Å². The molecule has 1 aromatic carbocycles. The minimum absolute atomic E-state index is 0.732. The lowest BCUT2D eigenvalue weighted by atomic mass is 9.98. The highest BCUT2D eigenvalue weighted by Gasteiger charge is 2.16. The standard InChI is InChI=1S/C23H30N6/c1-17-8-10-28(11-9-17)16-21-7-5-4-6-20(21)13-25-22-14-24-15-23(26-22)29-19(3)12-18(2)27-29/h4-7,12,14-15,17H,8-11,13,16H2,1-3H3,(H,25,26). The summed E-state index contributed by atoms with van der Waals surface area (Å²) in [5.74, 6) is 2.35. The molecule has 1 aliphatic heterocycles. The molecule has 29 heavy (non-hydrogen) atoms. The van der Waals surface area contributed by atoms with Crippen LogP contribution in [0.25, 0.3) is 5.82 Å². The quantitative estimate of drug-likeness (QED) is 0.686. The summed E-state index contributed by atoms with van der Waals surface area (Å²) in [4.78, 5) is 11.6. The van der Waals surface area contributed by atoms with Crippen LogP contribution in [0.5, 0.6) is 0 Å². The van der Waals surface area contributed by atoms with Crippen LogP contribution in [0.4, 0.5) is 5.82 Å². The zero-order valence-corrected chi connectivity index (χ0v) is 17.6. The molecule has 152 valence electrons. The lowest BCUT2D eigenvalue weighted by molar-refractivity contribution is 0.185. The van der Waals surface area contributed by atoms with E-state index in [4.69, 9.17) is 4.98 Å². The molecule has 1 saturated heterocycles. The van der Waals surface area contributed by atoms with E-state index in [9.17, 15) is 0 Å². The van der Waals surface area contributed by atoms with Crippen molar-refractivity contribution in [3.63, 3.8) is 0 Å². The number of hydrogen-bond donors (Lipinski definition) is 1. The zero-order chi connectivity index (χ0) is 20.2. The van der Waals surface area contributed by atoms with Gasteiger partial charge in [-0.2, -0.15) is 5.10 Å². The predicted octanol–water partition coefficient (Wildman–Crippen LogP) is 4.12. The van der Waals surface area contributed by atoms with Gasteiger partial charge in [0.05, 0.1) is 18.1 Å². The molecule has 0 bridgehead atoms. The molecule has 0 radical (unpaired) electrons. The molecule has 3 aromatic rings. The normalized spacial score (nSPS) is 15.6. The Labute approximate surface area is 173 Å². The molecule has 0 amide bonds. The van der Waals surface area contributed by atoms with E-state index in [0.717, 1.165) is 42.0 Å². The van der Waals surface area contributed by atoms with Crippen LogP contribution >= 0.6 is 0 Å². The summed E-state index contributed by atoms with van der Waals surface area (Å²) in [6.07, 6.45) is 6.12. The number of nitrogens with one attached hydrogen (secondary N) is 1. The average Bonchev–Trinajstić information content (AvgIpc) is 3.07. The molecule has 4 rings (SSSR count). The highest BCUT2D eigenvalue weighted by Crippen LogP contribution is 2.20. The van der Waals surface area contributed by atoms with Crippen LogP contribution < -0.4 is 5.32 Å². The summed E-state index contributed by atoms with van der Waals surface area (Å²) in [6, 6.07) is 10.7. The number of aryl methyl sites for hydroxylation is 2. The van der Waals surface area contributed by atoms with E-state index in [1.807, 2.05) is 24.6 Å². The van der Waals surface area contributed by atoms with Gasteiger partial charge in [0, 0.05) is 18.8 Å². The lowest BCUT2D eigenvalue weighted by Crippen LogP contribution is -2.32. The number of piperidine rings is 1. The number of nitrogens with zero attached hydrogens (tertiary/aromatic N) is 5. The first-order valence-electron chi connectivity index (χ1n) is 10.5. The minimum Gasteiger partial charge on any atom is -0.365 e. The van der Waals surface area contributed by atoms with Crippen LogP contribution in [0, 0.1) is 19.8 Å². The number of likely N-dealkylation sites (tertiary alicyclic amines) is 1. The molecule has 1 fully saturated rings. The molecule has 6 heteroatoms. The Morgan fingerprint density at radius 3 is 2.55 bits per heavy atom. The number of hydrogen-bond acceptors (Lipinski definition) is 5. The summed E-state index contributed by atoms with van der Waals surface area (Å²) in [7, 11) is 0. The van der Waals surface area contributed by atoms with Crippen LogP contribution in [0.15, 0.2) is 42.7 Å². The van der Waals surface area contributed by atoms with Gasteiger partial charge in [-0.1, -0.05) is 31.2 Å². The summed E-state index contributed by atoms with van der Waals surface area (Å²) in [5, 5.41) is 7.95. The van der Waals surface area contributed by atoms with Crippen LogP contribution in [-0.2, 0) is 13.1 Å². The van der Waals surface area contributed by atoms with Crippen molar-refractivity contribution in [1.29, 1.82) is 0 Å². The van der Waals surface area contributed by atoms with Crippen LogP contribution in [0.2, 0.25) is 0 Å². The first-order chi connectivity index (χ1) is 14.1. The second-order valence-corrected chi connectivity index (χ2v) is 8.18. The Morgan fingerprint density at radius 2 is 1.83 bits per heavy atom. The third-order valence-corrected chi connectivity index (χ3v) is 5.70. The van der Waals surface area contributed by atoms with Crippen molar-refractivity contribution in [3.05, 3.63) is 65.2 Å². The van der Waals surface area contributed by atoms with Gasteiger partial charge in [-0.3, -0.25) is 9.88 Å². The summed E-state index contributed by atoms with van der Waals surface area (Å²) in [6.45, 7) is 10.5. The molecule has 1 aliphatic rings. The van der Waals surface area contributed by atoms with E-state index < -0.39 is 0 Å². The Hall–Kier alpha value is -2.73. The maximum atomic E-state index is 4.70. The van der Waals surface area contributed by atoms with E-state index in [2.05, 4.69) is 51.5 Å². The minimum atomic E-state index is 0.732. The van der Waals surface area contributed by atoms with Crippen molar-refractivity contribution in [2.45, 2.75) is 46.7 Å². The van der Waals surface area contributed by atoms with E-state index in [1.165, 1.54) is 37.1 Å². The molecule has 0 atom stereocenters. The SMILES string of the molecule is Cc1cc(C)n(-c2cncc(NCc3ccccc3CN3CCC(C)CC3)n2)n1. The molecule has 0 aliphatic carbocycles. The van der Waals surface area contributed by atoms with Gasteiger partial charge in [-0.15, -0.1) is 0 Å². The van der Waals surface area contributed by atoms with Gasteiger partial charge in [0.25, 0.3) is 0 Å². The van der Waals surface area contributed by atoms with Gasteiger partial charge in [0.15, 0.2) is 5.82 Å². The van der Waals surface area contributed by atoms with Crippen LogP contribution in [0.3, 0.4) is 0 Å². The second kappa shape index (κ2) is 8.74. The van der Waals surface area contributed by atoms with Crippen molar-refractivity contribution in [2.75, 3.05) is 18.4 Å². The highest BCUT2D eigenvalue weighted by atomic mass is 15.3. The van der Waals surface area contributed by atoms with Gasteiger partial charge < -0.3 is 5.32 Å². The smallest absolute Gasteiger partial charge is 0.174 e. The van der Waals surface area contributed by atoms with Crippen molar-refractivity contribution in [2.24, 2.45) is 5.92 Å². The lowest BCUT2D eigenvalue weighted by Gasteiger charge is -2.30. The van der Waals surface area contributed by atoms with E-state index >= 15 is 0 Å². The highest BCUT2D eigenvalue weighted by molar-refractivity contribution is 5.39. The van der Waals surface area contributed by atoms with Crippen molar-refractivity contribution < 1.29 is 0 Å². The van der Waals surface area contributed by atoms with Crippen LogP contribution in [0.1, 0.15) is 42.3 Å². The van der Waals surface area contributed by atoms with Gasteiger partial charge in [0.1, 0.15) is 5.82 Å². The molecular formula is C23H30N6. The average molecular weight is 391 g/mol. The Bertz CT molecular complexity index is 956. The Balaban J connectivity index is 1.44. The maximum Gasteiger partial charge on any atom is 0.174 e. The topological polar surface area (TPSA) is 58.9 Å². The number of anilines is 1. The van der Waals surface area contributed by atoms with E-state index in [-0.39, 0.29) is 0 Å². The summed E-state index contributed by atoms with van der Waals surface area (Å²) < 4.78 is 1.83. The number of rotatable bonds is 6. The first kappa shape index (κ1) is 19.6. The molecule has 2 aromatic heterocycles. The molecular weight excluding hydrogens is 360 g/mol. The van der Waals surface area contributed by atoms with Crippen molar-refractivity contribution in [1.82, 2.24) is 24.6 Å². The Morgan fingerprint density at radius 1 is 1.07 bits per heavy atom. The molecule has 3 heterocycles. The number of aromatic nitrogens is 4. The van der Waals surface area contributed by atoms with Gasteiger partial charge >= 0.3 is 0 Å². The van der Waals surface area contributed by atoms with E-state index in [1.54, 1.807) is 12.4 Å². The maximum absolute atomic E-state index is 4.70. The molecule has 0 spiro atoms. The molecule has 0 unspecified atom stereocenters. The zero-order valence-electron chi connectivity index (χ0n) is 17.6. The summed E-state index contributed by atoms with van der Waals surface area (Å²) in [5.41, 5.74) is 4.72. The first-order valence-corrected chi connectivity index (χ1v) is 10.5. The fourth-order valence-electron chi connectivity index (χ4n) is 3.93. The van der Waals surface area contributed by atoms with E-state index in [0.29, 0.717) is 0 Å². The third kappa shape index (κ3) is 4.82. The van der Waals surface area contributed by atoms with Crippen molar-refractivity contribution in [3.8, 4) is 5.82 Å². The van der Waals surface area contributed by atoms with Gasteiger partial charge in [-0.25, -0.2) is 9.67 Å². The van der Waals surface area contributed by atoms with Gasteiger partial charge in [0.2, 0.25) is 0 Å². The summed E-state index contributed by atoms with van der Waals surface area (Å²) >= 11 is 0. The molecule has 1 N–H and O–H groups in total. The second-order valence-electron chi connectivity index (χ2n) is 8.18. The third-order valence-electron chi connectivity index (χ3n) is 5.70. The fourth-order valence-corrected chi connectivity index (χ4v) is 3.93. The number of benzene rings is 1. The van der Waals surface area contributed by atoms with Gasteiger partial charge in [-0.05, 0) is 62.9 Å². The largest absolute Gasteiger partial charge is 0.365 e. The molecule has 6 nitrogen and oxygen atoms in total. The monoisotopic (exact) mass is 390 g/mol. The Kier molecular flexibility index (Phi) is 5.90. The predicted molar refractivity (Wildman–Crippen MR) is 116 cm³/mol. The fraction of sp³-hybridized carbons (Fsp3) is 0.435. The van der Waals surface area contributed by atoms with Crippen molar-refractivity contribution >= 4 is 5.82 Å². The molecule has 0 saturated carbocycles.